The van der Waals surface area contributed by atoms with Crippen molar-refractivity contribution in [3.63, 3.8) is 0 Å². The third kappa shape index (κ3) is 6.70. The predicted molar refractivity (Wildman–Crippen MR) is 263 cm³/mol. The number of fused-ring (bicyclic) bond motifs is 11. The van der Waals surface area contributed by atoms with Crippen molar-refractivity contribution >= 4 is 91.1 Å². The molecule has 0 aliphatic rings. The van der Waals surface area contributed by atoms with Crippen molar-refractivity contribution in [3.8, 4) is 33.8 Å². The van der Waals surface area contributed by atoms with E-state index in [4.69, 9.17) is 4.98 Å². The topological polar surface area (TPSA) is 30.2 Å². The molecule has 0 unspecified atom stereocenters. The van der Waals surface area contributed by atoms with Gasteiger partial charge in [-0.3, -0.25) is 4.98 Å². The zero-order valence-electron chi connectivity index (χ0n) is 33.8. The van der Waals surface area contributed by atoms with Crippen LogP contribution >= 0.6 is 11.3 Å². The molecular formula is C58H35IrN3S-2. The molecule has 0 bridgehead atoms. The number of nitrogens with zero attached hydrogens (tertiary/aromatic N) is 3. The van der Waals surface area contributed by atoms with Crippen molar-refractivity contribution in [3.05, 3.63) is 225 Å². The fourth-order valence-corrected chi connectivity index (χ4v) is 10.3. The molecule has 4 heterocycles. The van der Waals surface area contributed by atoms with Crippen molar-refractivity contribution in [2.45, 2.75) is 0 Å². The molecule has 0 saturated carbocycles. The first-order chi connectivity index (χ1) is 30.8. The maximum absolute atomic E-state index is 5.46. The molecule has 0 fully saturated rings. The fourth-order valence-electron chi connectivity index (χ4n) is 9.08. The summed E-state index contributed by atoms with van der Waals surface area (Å²) in [5, 5.41) is 12.2. The number of aromatic nitrogens is 3. The number of benzene rings is 9. The Bertz CT molecular complexity index is 3820. The first-order valence-corrected chi connectivity index (χ1v) is 21.6. The molecule has 0 amide bonds. The van der Waals surface area contributed by atoms with Gasteiger partial charge in [0.1, 0.15) is 0 Å². The van der Waals surface area contributed by atoms with E-state index >= 15 is 0 Å². The molecule has 9 aromatic carbocycles. The van der Waals surface area contributed by atoms with Crippen molar-refractivity contribution in [2.24, 2.45) is 0 Å². The largest absolute Gasteiger partial charge is 0.332 e. The van der Waals surface area contributed by atoms with Gasteiger partial charge < -0.3 is 9.38 Å². The van der Waals surface area contributed by atoms with Gasteiger partial charge in [-0.2, -0.15) is 11.3 Å². The summed E-state index contributed by atoms with van der Waals surface area (Å²) in [4.78, 5) is 9.67. The Morgan fingerprint density at radius 1 is 0.460 bits per heavy atom. The summed E-state index contributed by atoms with van der Waals surface area (Å²) < 4.78 is 4.87. The molecule has 0 aliphatic heterocycles. The molecule has 63 heavy (non-hydrogen) atoms. The van der Waals surface area contributed by atoms with Crippen LogP contribution in [0.3, 0.4) is 0 Å². The van der Waals surface area contributed by atoms with Gasteiger partial charge in [0.2, 0.25) is 0 Å². The molecule has 0 spiro atoms. The summed E-state index contributed by atoms with van der Waals surface area (Å²) in [5.74, 6) is 0.907. The molecular weight excluding hydrogens is 963 g/mol. The van der Waals surface area contributed by atoms with E-state index in [1.54, 1.807) is 6.20 Å². The summed E-state index contributed by atoms with van der Waals surface area (Å²) in [6, 6.07) is 79.8. The van der Waals surface area contributed by atoms with Gasteiger partial charge in [0.15, 0.2) is 0 Å². The standard InChI is InChI=1S/C47H27N2S.C11H8N.Ir/c1-2-12-29(13-3-1)30-24-25-31-27-41-39-20-10-21-40(46(39)50-44(41)28-32(31)26-30)47-48-42-22-11-19-38-36-17-7-5-15-34(36)33-14-4-6-16-35(33)37-18-8-9-23-43(37)49(47)45(38)42;1-2-6-10(7-3-1)11-8-4-5-9-12-11;/h1-20,22-28H;1-6,8-9H;/q2*-1;. The van der Waals surface area contributed by atoms with E-state index in [9.17, 15) is 0 Å². The number of pyridine rings is 1. The zero-order valence-corrected chi connectivity index (χ0v) is 37.0. The number of para-hydroxylation sites is 2. The minimum Gasteiger partial charge on any atom is -0.332 e. The maximum Gasteiger partial charge on any atom is 0.0780 e. The monoisotopic (exact) mass is 998 g/mol. The van der Waals surface area contributed by atoms with Crippen molar-refractivity contribution in [1.29, 1.82) is 0 Å². The van der Waals surface area contributed by atoms with Crippen molar-refractivity contribution in [2.75, 3.05) is 0 Å². The second-order valence-electron chi connectivity index (χ2n) is 15.5. The van der Waals surface area contributed by atoms with E-state index in [1.807, 2.05) is 53.8 Å². The van der Waals surface area contributed by atoms with Crippen LogP contribution in [0.2, 0.25) is 0 Å². The summed E-state index contributed by atoms with van der Waals surface area (Å²) in [6.45, 7) is 0. The number of hydrogen-bond donors (Lipinski definition) is 0. The molecule has 0 atom stereocenters. The van der Waals surface area contributed by atoms with E-state index in [0.29, 0.717) is 0 Å². The zero-order chi connectivity index (χ0) is 41.0. The van der Waals surface area contributed by atoms with Crippen LogP contribution in [0.1, 0.15) is 0 Å². The summed E-state index contributed by atoms with van der Waals surface area (Å²) in [7, 11) is 0. The minimum atomic E-state index is 0. The SMILES string of the molecule is [Ir].[c-]1ccc2c(sc3cc4cc(-c5ccccc5)ccc4cc32)c1-c1nc2cccc3c4ccccc4c4ccccc4c4ccccc4n1c23.[c-]1ccccc1-c1ccccn1. The van der Waals surface area contributed by atoms with Gasteiger partial charge in [0.05, 0.1) is 16.9 Å². The second-order valence-corrected chi connectivity index (χ2v) is 16.6. The second kappa shape index (κ2) is 16.2. The van der Waals surface area contributed by atoms with Crippen LogP contribution in [-0.4, -0.2) is 14.4 Å². The Morgan fingerprint density at radius 2 is 1.16 bits per heavy atom. The summed E-state index contributed by atoms with van der Waals surface area (Å²) in [6.07, 6.45) is 1.79. The van der Waals surface area contributed by atoms with Gasteiger partial charge in [-0.05, 0) is 95.6 Å². The molecule has 299 valence electrons. The molecule has 0 N–H and O–H groups in total. The number of thiophene rings is 1. The van der Waals surface area contributed by atoms with Gasteiger partial charge in [-0.25, -0.2) is 0 Å². The van der Waals surface area contributed by atoms with E-state index in [0.717, 1.165) is 39.2 Å². The van der Waals surface area contributed by atoms with Gasteiger partial charge in [-0.15, -0.1) is 54.1 Å². The third-order valence-corrected chi connectivity index (χ3v) is 13.1. The van der Waals surface area contributed by atoms with Gasteiger partial charge in [0, 0.05) is 47.3 Å². The molecule has 13 rings (SSSR count). The third-order valence-electron chi connectivity index (χ3n) is 11.9. The summed E-state index contributed by atoms with van der Waals surface area (Å²) in [5.41, 5.74) is 8.70. The smallest absolute Gasteiger partial charge is 0.0780 e. The van der Waals surface area contributed by atoms with E-state index in [-0.39, 0.29) is 20.1 Å². The normalized spacial score (nSPS) is 11.4. The quantitative estimate of drug-likeness (QED) is 0.165. The molecule has 0 aliphatic carbocycles. The van der Waals surface area contributed by atoms with Crippen LogP contribution in [0.25, 0.3) is 114 Å². The number of rotatable bonds is 3. The van der Waals surface area contributed by atoms with Crippen LogP contribution in [0.15, 0.2) is 212 Å². The minimum absolute atomic E-state index is 0. The molecule has 0 saturated heterocycles. The van der Waals surface area contributed by atoms with Crippen LogP contribution in [0.5, 0.6) is 0 Å². The van der Waals surface area contributed by atoms with Crippen LogP contribution in [0, 0.1) is 12.1 Å². The molecule has 13 aromatic rings. The van der Waals surface area contributed by atoms with Gasteiger partial charge >= 0.3 is 0 Å². The van der Waals surface area contributed by atoms with Crippen LogP contribution in [0.4, 0.5) is 0 Å². The van der Waals surface area contributed by atoms with Crippen molar-refractivity contribution < 1.29 is 20.1 Å². The predicted octanol–water partition coefficient (Wildman–Crippen LogP) is 15.7. The van der Waals surface area contributed by atoms with E-state index in [1.165, 1.54) is 74.4 Å². The number of hydrogen-bond acceptors (Lipinski definition) is 3. The molecule has 5 heteroatoms. The fraction of sp³-hybridized carbons (Fsp3) is 0. The van der Waals surface area contributed by atoms with Gasteiger partial charge in [0.25, 0.3) is 0 Å². The Balaban J connectivity index is 0.000000296. The first kappa shape index (κ1) is 38.6. The maximum atomic E-state index is 5.46. The molecule has 3 nitrogen and oxygen atoms in total. The van der Waals surface area contributed by atoms with E-state index < -0.39 is 0 Å². The first-order valence-electron chi connectivity index (χ1n) is 20.8. The average Bonchev–Trinajstić information content (AvgIpc) is 3.93. The molecule has 4 aromatic heterocycles. The summed E-state index contributed by atoms with van der Waals surface area (Å²) >= 11 is 1.84. The Kier molecular flexibility index (Phi) is 9.94. The van der Waals surface area contributed by atoms with Crippen molar-refractivity contribution in [1.82, 2.24) is 14.4 Å². The van der Waals surface area contributed by atoms with E-state index in [2.05, 4.69) is 185 Å². The van der Waals surface area contributed by atoms with Crippen LogP contribution < -0.4 is 0 Å². The Labute approximate surface area is 381 Å². The van der Waals surface area contributed by atoms with Crippen LogP contribution in [-0.2, 0) is 20.1 Å². The number of imidazole rings is 1. The Morgan fingerprint density at radius 3 is 1.92 bits per heavy atom. The van der Waals surface area contributed by atoms with Gasteiger partial charge in [-0.1, -0.05) is 144 Å². The average molecular weight is 998 g/mol. The molecule has 1 radical (unpaired) electrons. The Hall–Kier alpha value is -7.27.